The van der Waals surface area contributed by atoms with Gasteiger partial charge in [-0.2, -0.15) is 0 Å². The molecule has 2 aromatic carbocycles. The summed E-state index contributed by atoms with van der Waals surface area (Å²) in [6.45, 7) is 3.97. The van der Waals surface area contributed by atoms with Crippen molar-refractivity contribution in [3.05, 3.63) is 63.1 Å². The average molecular weight is 319 g/mol. The van der Waals surface area contributed by atoms with Gasteiger partial charge in [0.1, 0.15) is 5.75 Å². The number of ketones is 1. The van der Waals surface area contributed by atoms with Crippen molar-refractivity contribution in [3.63, 3.8) is 0 Å². The molecule has 0 saturated carbocycles. The highest BCUT2D eigenvalue weighted by atomic mass is 79.9. The number of carbonyl (C=O) groups excluding carboxylic acids is 1. The molecule has 2 nitrogen and oxygen atoms in total. The minimum Gasteiger partial charge on any atom is -0.497 e. The predicted molar refractivity (Wildman–Crippen MR) is 80.0 cm³/mol. The van der Waals surface area contributed by atoms with Gasteiger partial charge in [-0.1, -0.05) is 28.1 Å². The van der Waals surface area contributed by atoms with Crippen LogP contribution in [0.3, 0.4) is 0 Å². The Bertz CT molecular complexity index is 609. The second-order valence-corrected chi connectivity index (χ2v) is 5.28. The van der Waals surface area contributed by atoms with Crippen LogP contribution >= 0.6 is 15.9 Å². The molecule has 2 aromatic rings. The van der Waals surface area contributed by atoms with Crippen molar-refractivity contribution >= 4 is 21.7 Å². The number of ether oxygens (including phenoxy) is 1. The first-order valence-electron chi connectivity index (χ1n) is 5.98. The van der Waals surface area contributed by atoms with Crippen molar-refractivity contribution in [3.8, 4) is 5.75 Å². The van der Waals surface area contributed by atoms with E-state index in [0.29, 0.717) is 16.9 Å². The molecule has 0 radical (unpaired) electrons. The molecule has 0 aliphatic heterocycles. The SMILES string of the molecule is COc1cccc(C(=O)c2cc(C)c(Br)c(C)c2)c1. The Morgan fingerprint density at radius 2 is 1.68 bits per heavy atom. The molecule has 98 valence electrons. The predicted octanol–water partition coefficient (Wildman–Crippen LogP) is 4.31. The van der Waals surface area contributed by atoms with Crippen molar-refractivity contribution in [2.75, 3.05) is 7.11 Å². The van der Waals surface area contributed by atoms with E-state index in [-0.39, 0.29) is 5.78 Å². The third-order valence-corrected chi connectivity index (χ3v) is 4.28. The number of carbonyl (C=O) groups is 1. The van der Waals surface area contributed by atoms with Gasteiger partial charge < -0.3 is 4.74 Å². The molecular formula is C16H15BrO2. The molecular weight excluding hydrogens is 304 g/mol. The van der Waals surface area contributed by atoms with E-state index in [2.05, 4.69) is 15.9 Å². The second kappa shape index (κ2) is 5.57. The summed E-state index contributed by atoms with van der Waals surface area (Å²) >= 11 is 3.51. The Kier molecular flexibility index (Phi) is 4.05. The number of aryl methyl sites for hydroxylation is 2. The van der Waals surface area contributed by atoms with E-state index in [4.69, 9.17) is 4.74 Å². The quantitative estimate of drug-likeness (QED) is 0.788. The summed E-state index contributed by atoms with van der Waals surface area (Å²) in [4.78, 5) is 12.5. The van der Waals surface area contributed by atoms with Crippen LogP contribution in [0.4, 0.5) is 0 Å². The zero-order valence-electron chi connectivity index (χ0n) is 11.2. The summed E-state index contributed by atoms with van der Waals surface area (Å²) in [6, 6.07) is 11.0. The highest BCUT2D eigenvalue weighted by Crippen LogP contribution is 2.24. The standard InChI is InChI=1S/C16H15BrO2/c1-10-7-13(8-11(2)15(10)17)16(18)12-5-4-6-14(9-12)19-3/h4-9H,1-3H3. The summed E-state index contributed by atoms with van der Waals surface area (Å²) in [6.07, 6.45) is 0. The number of hydrogen-bond donors (Lipinski definition) is 0. The molecule has 0 N–H and O–H groups in total. The Hall–Kier alpha value is -1.61. The Morgan fingerprint density at radius 1 is 1.05 bits per heavy atom. The van der Waals surface area contributed by atoms with Gasteiger partial charge in [-0.05, 0) is 49.2 Å². The molecule has 19 heavy (non-hydrogen) atoms. The molecule has 0 fully saturated rings. The van der Waals surface area contributed by atoms with Crippen LogP contribution in [0.15, 0.2) is 40.9 Å². The first-order valence-corrected chi connectivity index (χ1v) is 6.77. The minimum atomic E-state index is 0.0117. The second-order valence-electron chi connectivity index (χ2n) is 4.49. The third kappa shape index (κ3) is 2.87. The van der Waals surface area contributed by atoms with E-state index in [1.54, 1.807) is 19.2 Å². The number of hydrogen-bond acceptors (Lipinski definition) is 2. The smallest absolute Gasteiger partial charge is 0.193 e. The molecule has 0 spiro atoms. The lowest BCUT2D eigenvalue weighted by Gasteiger charge is -2.08. The molecule has 0 amide bonds. The van der Waals surface area contributed by atoms with E-state index in [1.807, 2.05) is 38.1 Å². The molecule has 0 saturated heterocycles. The summed E-state index contributed by atoms with van der Waals surface area (Å²) in [5, 5.41) is 0. The van der Waals surface area contributed by atoms with E-state index >= 15 is 0 Å². The van der Waals surface area contributed by atoms with Crippen LogP contribution in [-0.4, -0.2) is 12.9 Å². The van der Waals surface area contributed by atoms with Gasteiger partial charge in [0.25, 0.3) is 0 Å². The maximum atomic E-state index is 12.5. The first kappa shape index (κ1) is 13.8. The normalized spacial score (nSPS) is 10.3. The van der Waals surface area contributed by atoms with Gasteiger partial charge in [0.05, 0.1) is 7.11 Å². The number of benzene rings is 2. The topological polar surface area (TPSA) is 26.3 Å². The fraction of sp³-hybridized carbons (Fsp3) is 0.188. The van der Waals surface area contributed by atoms with Gasteiger partial charge in [-0.25, -0.2) is 0 Å². The largest absolute Gasteiger partial charge is 0.497 e. The minimum absolute atomic E-state index is 0.0117. The van der Waals surface area contributed by atoms with Gasteiger partial charge >= 0.3 is 0 Å². The maximum absolute atomic E-state index is 12.5. The molecule has 0 bridgehead atoms. The fourth-order valence-corrected chi connectivity index (χ4v) is 2.24. The summed E-state index contributed by atoms with van der Waals surface area (Å²) in [7, 11) is 1.59. The Balaban J connectivity index is 2.44. The molecule has 0 aliphatic rings. The van der Waals surface area contributed by atoms with Crippen molar-refractivity contribution < 1.29 is 9.53 Å². The van der Waals surface area contributed by atoms with Gasteiger partial charge in [-0.3, -0.25) is 4.79 Å². The third-order valence-electron chi connectivity index (χ3n) is 3.03. The lowest BCUT2D eigenvalue weighted by Crippen LogP contribution is -2.03. The van der Waals surface area contributed by atoms with E-state index in [1.165, 1.54) is 0 Å². The lowest BCUT2D eigenvalue weighted by atomic mass is 9.99. The van der Waals surface area contributed by atoms with Crippen molar-refractivity contribution in [2.24, 2.45) is 0 Å². The zero-order valence-corrected chi connectivity index (χ0v) is 12.7. The molecule has 0 atom stereocenters. The van der Waals surface area contributed by atoms with E-state index in [9.17, 15) is 4.79 Å². The van der Waals surface area contributed by atoms with Crippen LogP contribution in [-0.2, 0) is 0 Å². The molecule has 2 rings (SSSR count). The molecule has 0 unspecified atom stereocenters. The van der Waals surface area contributed by atoms with Crippen LogP contribution in [0.25, 0.3) is 0 Å². The monoisotopic (exact) mass is 318 g/mol. The van der Waals surface area contributed by atoms with Crippen LogP contribution in [0.2, 0.25) is 0 Å². The highest BCUT2D eigenvalue weighted by Gasteiger charge is 2.12. The molecule has 0 aliphatic carbocycles. The van der Waals surface area contributed by atoms with Crippen LogP contribution in [0, 0.1) is 13.8 Å². The Labute approximate surface area is 121 Å². The van der Waals surface area contributed by atoms with Crippen LogP contribution in [0.1, 0.15) is 27.0 Å². The summed E-state index contributed by atoms with van der Waals surface area (Å²) in [5.41, 5.74) is 3.46. The first-order chi connectivity index (χ1) is 9.02. The van der Waals surface area contributed by atoms with Crippen LogP contribution < -0.4 is 4.74 Å². The average Bonchev–Trinajstić information content (AvgIpc) is 2.43. The van der Waals surface area contributed by atoms with Gasteiger partial charge in [0.2, 0.25) is 0 Å². The number of methoxy groups -OCH3 is 1. The summed E-state index contributed by atoms with van der Waals surface area (Å²) in [5.74, 6) is 0.703. The highest BCUT2D eigenvalue weighted by molar-refractivity contribution is 9.10. The molecule has 0 heterocycles. The Morgan fingerprint density at radius 3 is 2.26 bits per heavy atom. The van der Waals surface area contributed by atoms with Gasteiger partial charge in [0.15, 0.2) is 5.78 Å². The maximum Gasteiger partial charge on any atom is 0.193 e. The van der Waals surface area contributed by atoms with Crippen molar-refractivity contribution in [1.29, 1.82) is 0 Å². The fourth-order valence-electron chi connectivity index (χ4n) is 2.01. The van der Waals surface area contributed by atoms with Crippen molar-refractivity contribution in [2.45, 2.75) is 13.8 Å². The number of halogens is 1. The number of rotatable bonds is 3. The van der Waals surface area contributed by atoms with E-state index in [0.717, 1.165) is 15.6 Å². The van der Waals surface area contributed by atoms with Gasteiger partial charge in [0, 0.05) is 15.6 Å². The lowest BCUT2D eigenvalue weighted by molar-refractivity contribution is 0.103. The van der Waals surface area contributed by atoms with Crippen molar-refractivity contribution in [1.82, 2.24) is 0 Å². The molecule has 0 aromatic heterocycles. The van der Waals surface area contributed by atoms with Crippen LogP contribution in [0.5, 0.6) is 5.75 Å². The zero-order chi connectivity index (χ0) is 14.0. The van der Waals surface area contributed by atoms with Gasteiger partial charge in [-0.15, -0.1) is 0 Å². The summed E-state index contributed by atoms with van der Waals surface area (Å²) < 4.78 is 6.20. The van der Waals surface area contributed by atoms with E-state index < -0.39 is 0 Å². The molecule has 3 heteroatoms.